The lowest BCUT2D eigenvalue weighted by atomic mass is 10.0. The van der Waals surface area contributed by atoms with Crippen LogP contribution >= 0.6 is 0 Å². The zero-order chi connectivity index (χ0) is 22.9. The molecule has 0 fully saturated rings. The Balaban J connectivity index is 1.50. The van der Waals surface area contributed by atoms with Crippen molar-refractivity contribution in [2.24, 2.45) is 0 Å². The summed E-state index contributed by atoms with van der Waals surface area (Å²) in [5.74, 6) is -0.452. The van der Waals surface area contributed by atoms with Crippen LogP contribution in [0.2, 0.25) is 0 Å². The van der Waals surface area contributed by atoms with Gasteiger partial charge in [0.15, 0.2) is 0 Å². The van der Waals surface area contributed by atoms with E-state index in [0.29, 0.717) is 29.7 Å². The summed E-state index contributed by atoms with van der Waals surface area (Å²) in [4.78, 5) is 11.4. The van der Waals surface area contributed by atoms with E-state index in [1.54, 1.807) is 24.4 Å². The molecule has 0 bridgehead atoms. The fourth-order valence-corrected chi connectivity index (χ4v) is 3.64. The Morgan fingerprint density at radius 3 is 2.56 bits per heavy atom. The molecule has 0 aliphatic rings. The lowest BCUT2D eigenvalue weighted by molar-refractivity contribution is -0.137. The molecule has 4 aromatic rings. The molecule has 0 radical (unpaired) electrons. The van der Waals surface area contributed by atoms with E-state index >= 15 is 0 Å². The van der Waals surface area contributed by atoms with Crippen LogP contribution in [0.15, 0.2) is 48.8 Å². The molecule has 0 atom stereocenters. The highest BCUT2D eigenvalue weighted by atomic mass is 19.4. The zero-order valence-electron chi connectivity index (χ0n) is 17.6. The summed E-state index contributed by atoms with van der Waals surface area (Å²) in [6.45, 7) is 1.94. The Morgan fingerprint density at radius 2 is 1.84 bits per heavy atom. The minimum atomic E-state index is -4.47. The normalized spacial score (nSPS) is 11.8. The van der Waals surface area contributed by atoms with Crippen LogP contribution in [0.1, 0.15) is 33.5 Å². The van der Waals surface area contributed by atoms with Crippen LogP contribution in [0.3, 0.4) is 0 Å². The van der Waals surface area contributed by atoms with E-state index in [2.05, 4.69) is 15.0 Å². The second-order valence-electron chi connectivity index (χ2n) is 7.72. The first-order chi connectivity index (χ1) is 15.2. The van der Waals surface area contributed by atoms with Crippen molar-refractivity contribution < 1.29 is 22.3 Å². The Bertz CT molecular complexity index is 1260. The van der Waals surface area contributed by atoms with Crippen molar-refractivity contribution in [3.05, 3.63) is 88.3 Å². The van der Waals surface area contributed by atoms with Crippen molar-refractivity contribution in [1.82, 2.24) is 15.0 Å². The van der Waals surface area contributed by atoms with Gasteiger partial charge >= 0.3 is 6.18 Å². The van der Waals surface area contributed by atoms with Gasteiger partial charge in [-0.05, 0) is 66.8 Å². The first kappa shape index (κ1) is 21.8. The van der Waals surface area contributed by atoms with Gasteiger partial charge in [-0.25, -0.2) is 9.97 Å². The summed E-state index contributed by atoms with van der Waals surface area (Å²) in [5, 5.41) is 0.937. The van der Waals surface area contributed by atoms with Crippen molar-refractivity contribution in [3.8, 4) is 5.75 Å². The quantitative estimate of drug-likeness (QED) is 0.302. The number of H-pyrrole nitrogens is 1. The Kier molecular flexibility index (Phi) is 5.86. The van der Waals surface area contributed by atoms with Crippen LogP contribution in [0.25, 0.3) is 11.0 Å². The summed E-state index contributed by atoms with van der Waals surface area (Å²) in [7, 11) is 1.32. The van der Waals surface area contributed by atoms with Gasteiger partial charge in [0.2, 0.25) is 5.95 Å². The van der Waals surface area contributed by atoms with Gasteiger partial charge in [-0.15, -0.1) is 0 Å². The second kappa shape index (κ2) is 8.61. The van der Waals surface area contributed by atoms with E-state index in [-0.39, 0.29) is 12.2 Å². The van der Waals surface area contributed by atoms with Gasteiger partial charge < -0.3 is 9.72 Å². The predicted molar refractivity (Wildman–Crippen MR) is 113 cm³/mol. The van der Waals surface area contributed by atoms with Crippen LogP contribution < -0.4 is 4.74 Å². The second-order valence-corrected chi connectivity index (χ2v) is 7.72. The van der Waals surface area contributed by atoms with Crippen molar-refractivity contribution in [2.75, 3.05) is 7.11 Å². The minimum absolute atomic E-state index is 0.132. The van der Waals surface area contributed by atoms with E-state index in [0.717, 1.165) is 34.3 Å². The van der Waals surface area contributed by atoms with E-state index in [1.165, 1.54) is 7.11 Å². The van der Waals surface area contributed by atoms with Gasteiger partial charge in [0.05, 0.1) is 12.7 Å². The van der Waals surface area contributed by atoms with Gasteiger partial charge in [-0.1, -0.05) is 6.07 Å². The molecule has 0 amide bonds. The molecule has 0 unspecified atom stereocenters. The molecule has 3 aromatic heterocycles. The molecule has 1 N–H and O–H groups in total. The number of rotatable bonds is 6. The van der Waals surface area contributed by atoms with Crippen molar-refractivity contribution in [2.45, 2.75) is 32.4 Å². The van der Waals surface area contributed by atoms with Crippen LogP contribution in [0.5, 0.6) is 5.75 Å². The number of alkyl halides is 3. The third kappa shape index (κ3) is 4.74. The van der Waals surface area contributed by atoms with Gasteiger partial charge in [-0.3, -0.25) is 0 Å². The van der Waals surface area contributed by atoms with Crippen LogP contribution in [0, 0.1) is 12.9 Å². The molecule has 3 heterocycles. The fourth-order valence-electron chi connectivity index (χ4n) is 3.64. The largest absolute Gasteiger partial charge is 0.497 e. The smallest absolute Gasteiger partial charge is 0.416 e. The highest BCUT2D eigenvalue weighted by Crippen LogP contribution is 2.33. The third-order valence-corrected chi connectivity index (χ3v) is 5.32. The summed E-state index contributed by atoms with van der Waals surface area (Å²) < 4.78 is 59.0. The van der Waals surface area contributed by atoms with Crippen molar-refractivity contribution in [1.29, 1.82) is 0 Å². The molecule has 4 rings (SSSR count). The van der Waals surface area contributed by atoms with E-state index in [4.69, 9.17) is 4.74 Å². The number of nitrogens with one attached hydrogen (secondary N) is 1. The molecule has 0 saturated carbocycles. The number of nitrogens with zero attached hydrogens (tertiary/aromatic N) is 2. The number of hydrogen-bond acceptors (Lipinski definition) is 3. The van der Waals surface area contributed by atoms with Gasteiger partial charge in [0, 0.05) is 35.5 Å². The topological polar surface area (TPSA) is 50.8 Å². The van der Waals surface area contributed by atoms with Crippen molar-refractivity contribution >= 4 is 11.0 Å². The molecule has 4 nitrogen and oxygen atoms in total. The number of benzene rings is 1. The zero-order valence-corrected chi connectivity index (χ0v) is 17.6. The summed E-state index contributed by atoms with van der Waals surface area (Å²) in [6.07, 6.45) is 0.0448. The maximum atomic E-state index is 14.7. The highest BCUT2D eigenvalue weighted by molar-refractivity contribution is 5.80. The Labute approximate surface area is 182 Å². The average molecular weight is 443 g/mol. The minimum Gasteiger partial charge on any atom is -0.497 e. The summed E-state index contributed by atoms with van der Waals surface area (Å²) in [5.41, 5.74) is 3.26. The number of pyridine rings is 2. The number of fused-ring (bicyclic) bond motifs is 1. The highest BCUT2D eigenvalue weighted by Gasteiger charge is 2.31. The number of aromatic amines is 1. The molecule has 8 heteroatoms. The van der Waals surface area contributed by atoms with Gasteiger partial charge in [0.25, 0.3) is 0 Å². The number of aromatic nitrogens is 3. The lowest BCUT2D eigenvalue weighted by Crippen LogP contribution is -2.07. The van der Waals surface area contributed by atoms with Gasteiger partial charge in [-0.2, -0.15) is 17.6 Å². The predicted octanol–water partition coefficient (Wildman–Crippen LogP) is 5.81. The monoisotopic (exact) mass is 443 g/mol. The van der Waals surface area contributed by atoms with E-state index < -0.39 is 17.7 Å². The number of halogens is 4. The standard InChI is InChI=1S/C24H21F4N3O/c1-14-7-21-17(13-30-23(21)29-12-14)10-16-4-6-19(31-22(16)25)5-3-15-8-18(24(26,27)28)11-20(9-15)32-2/h4,6-9,11-13H,3,5,10H2,1-2H3,(H,29,30). The maximum absolute atomic E-state index is 14.7. The molecule has 0 spiro atoms. The SMILES string of the molecule is COc1cc(CCc2ccc(Cc3c[nH]c4ncc(C)cc34)c(F)n2)cc(C(F)(F)F)c1. The molecular weight excluding hydrogens is 422 g/mol. The van der Waals surface area contributed by atoms with E-state index in [1.807, 2.05) is 19.2 Å². The van der Waals surface area contributed by atoms with Crippen molar-refractivity contribution in [3.63, 3.8) is 0 Å². The molecule has 0 saturated heterocycles. The first-order valence-electron chi connectivity index (χ1n) is 10.0. The molecule has 1 aromatic carbocycles. The fraction of sp³-hybridized carbons (Fsp3) is 0.250. The molecule has 0 aliphatic carbocycles. The molecule has 166 valence electrons. The maximum Gasteiger partial charge on any atom is 0.416 e. The third-order valence-electron chi connectivity index (χ3n) is 5.32. The van der Waals surface area contributed by atoms with Crippen LogP contribution in [-0.4, -0.2) is 22.1 Å². The first-order valence-corrected chi connectivity index (χ1v) is 10.0. The average Bonchev–Trinajstić information content (AvgIpc) is 3.15. The summed E-state index contributed by atoms with van der Waals surface area (Å²) in [6, 6.07) is 8.97. The number of ether oxygens (including phenoxy) is 1. The summed E-state index contributed by atoms with van der Waals surface area (Å²) >= 11 is 0. The number of hydrogen-bond donors (Lipinski definition) is 1. The molecule has 32 heavy (non-hydrogen) atoms. The van der Waals surface area contributed by atoms with Crippen LogP contribution in [-0.2, 0) is 25.4 Å². The molecular formula is C24H21F4N3O. The van der Waals surface area contributed by atoms with Gasteiger partial charge in [0.1, 0.15) is 11.4 Å². The van der Waals surface area contributed by atoms with Crippen LogP contribution in [0.4, 0.5) is 17.6 Å². The van der Waals surface area contributed by atoms with E-state index in [9.17, 15) is 17.6 Å². The molecule has 0 aliphatic heterocycles. The lowest BCUT2D eigenvalue weighted by Gasteiger charge is -2.12. The number of aryl methyl sites for hydroxylation is 3. The Morgan fingerprint density at radius 1 is 1.03 bits per heavy atom. The number of methoxy groups -OCH3 is 1. The Hall–Kier alpha value is -3.42.